The van der Waals surface area contributed by atoms with Crippen molar-refractivity contribution in [2.45, 2.75) is 31.5 Å². The molecule has 3 nitrogen and oxygen atoms in total. The Kier molecular flexibility index (Phi) is 4.56. The number of piperidine rings is 1. The highest BCUT2D eigenvalue weighted by Crippen LogP contribution is 2.33. The normalized spacial score (nSPS) is 21.7. The number of alkyl halides is 3. The molecule has 6 heteroatoms. The van der Waals surface area contributed by atoms with E-state index in [1.165, 1.54) is 0 Å². The molecule has 92 valence electrons. The number of rotatable bonds is 3. The van der Waals surface area contributed by atoms with Crippen molar-refractivity contribution in [2.24, 2.45) is 11.7 Å². The van der Waals surface area contributed by atoms with Gasteiger partial charge in [-0.2, -0.15) is 18.4 Å². The summed E-state index contributed by atoms with van der Waals surface area (Å²) < 4.78 is 37.1. The van der Waals surface area contributed by atoms with E-state index in [1.54, 1.807) is 0 Å². The third-order valence-electron chi connectivity index (χ3n) is 2.97. The summed E-state index contributed by atoms with van der Waals surface area (Å²) in [5.41, 5.74) is 5.42. The third kappa shape index (κ3) is 3.99. The summed E-state index contributed by atoms with van der Waals surface area (Å²) in [5, 5.41) is 8.47. The minimum absolute atomic E-state index is 0.158. The third-order valence-corrected chi connectivity index (χ3v) is 2.97. The van der Waals surface area contributed by atoms with Gasteiger partial charge in [0.25, 0.3) is 0 Å². The summed E-state index contributed by atoms with van der Waals surface area (Å²) in [5.74, 6) is -1.16. The Morgan fingerprint density at radius 3 is 2.38 bits per heavy atom. The molecule has 16 heavy (non-hydrogen) atoms. The largest absolute Gasteiger partial charge is 0.391 e. The standard InChI is InChI=1S/C10H16F3N3/c11-10(12,13)8-1-4-16(5-2-8)6-3-9(15)7-14/h8-9H,1-6,15H2. The lowest BCUT2D eigenvalue weighted by atomic mass is 9.96. The molecule has 1 atom stereocenters. The lowest BCUT2D eigenvalue weighted by Gasteiger charge is -2.32. The second-order valence-corrected chi connectivity index (χ2v) is 4.18. The van der Waals surface area contributed by atoms with E-state index < -0.39 is 18.1 Å². The minimum Gasteiger partial charge on any atom is -0.316 e. The number of likely N-dealkylation sites (tertiary alicyclic amines) is 1. The van der Waals surface area contributed by atoms with Crippen molar-refractivity contribution in [2.75, 3.05) is 19.6 Å². The van der Waals surface area contributed by atoms with Crippen LogP contribution < -0.4 is 5.73 Å². The fourth-order valence-corrected chi connectivity index (χ4v) is 1.87. The predicted molar refractivity (Wildman–Crippen MR) is 53.4 cm³/mol. The van der Waals surface area contributed by atoms with Gasteiger partial charge in [0, 0.05) is 6.54 Å². The van der Waals surface area contributed by atoms with E-state index >= 15 is 0 Å². The number of hydrogen-bond acceptors (Lipinski definition) is 3. The van der Waals surface area contributed by atoms with E-state index in [-0.39, 0.29) is 12.8 Å². The highest BCUT2D eigenvalue weighted by atomic mass is 19.4. The molecule has 1 saturated heterocycles. The van der Waals surface area contributed by atoms with Crippen LogP contribution in [0.1, 0.15) is 19.3 Å². The molecule has 1 aliphatic heterocycles. The quantitative estimate of drug-likeness (QED) is 0.806. The molecular formula is C10H16F3N3. The van der Waals surface area contributed by atoms with Gasteiger partial charge in [-0.15, -0.1) is 0 Å². The zero-order valence-corrected chi connectivity index (χ0v) is 9.00. The molecule has 0 aromatic carbocycles. The second kappa shape index (κ2) is 5.51. The van der Waals surface area contributed by atoms with Crippen molar-refractivity contribution in [3.05, 3.63) is 0 Å². The highest BCUT2D eigenvalue weighted by molar-refractivity contribution is 4.87. The van der Waals surface area contributed by atoms with Gasteiger partial charge in [0.2, 0.25) is 0 Å². The first-order chi connectivity index (χ1) is 7.43. The summed E-state index contributed by atoms with van der Waals surface area (Å²) in [6, 6.07) is 1.40. The SMILES string of the molecule is N#CC(N)CCN1CCC(C(F)(F)F)CC1. The zero-order valence-electron chi connectivity index (χ0n) is 9.00. The van der Waals surface area contributed by atoms with Crippen molar-refractivity contribution in [1.29, 1.82) is 5.26 Å². The van der Waals surface area contributed by atoms with Crippen LogP contribution in [0.5, 0.6) is 0 Å². The van der Waals surface area contributed by atoms with Gasteiger partial charge in [0.05, 0.1) is 18.0 Å². The van der Waals surface area contributed by atoms with E-state index in [0.29, 0.717) is 26.1 Å². The number of halogens is 3. The maximum Gasteiger partial charge on any atom is 0.391 e. The molecule has 0 radical (unpaired) electrons. The summed E-state index contributed by atoms with van der Waals surface area (Å²) in [6.45, 7) is 1.50. The Morgan fingerprint density at radius 1 is 1.38 bits per heavy atom. The van der Waals surface area contributed by atoms with Crippen molar-refractivity contribution in [3.8, 4) is 6.07 Å². The Balaban J connectivity index is 2.25. The first-order valence-electron chi connectivity index (χ1n) is 5.37. The molecular weight excluding hydrogens is 219 g/mol. The average molecular weight is 235 g/mol. The van der Waals surface area contributed by atoms with Gasteiger partial charge in [-0.25, -0.2) is 0 Å². The number of nitrogens with two attached hydrogens (primary N) is 1. The monoisotopic (exact) mass is 235 g/mol. The van der Waals surface area contributed by atoms with Crippen LogP contribution in [0.15, 0.2) is 0 Å². The first-order valence-corrected chi connectivity index (χ1v) is 5.37. The molecule has 0 spiro atoms. The van der Waals surface area contributed by atoms with Gasteiger partial charge < -0.3 is 10.6 Å². The molecule has 0 saturated carbocycles. The van der Waals surface area contributed by atoms with Crippen LogP contribution in [-0.2, 0) is 0 Å². The lowest BCUT2D eigenvalue weighted by Crippen LogP contribution is -2.40. The molecule has 1 unspecified atom stereocenters. The molecule has 1 heterocycles. The molecule has 1 aliphatic rings. The Bertz CT molecular complexity index is 251. The molecule has 0 aliphatic carbocycles. The van der Waals surface area contributed by atoms with Crippen LogP contribution in [-0.4, -0.2) is 36.8 Å². The Hall–Kier alpha value is -0.800. The molecule has 0 aromatic rings. The molecule has 0 bridgehead atoms. The van der Waals surface area contributed by atoms with Crippen LogP contribution in [0.3, 0.4) is 0 Å². The lowest BCUT2D eigenvalue weighted by molar-refractivity contribution is -0.185. The summed E-state index contributed by atoms with van der Waals surface area (Å²) in [7, 11) is 0. The maximum absolute atomic E-state index is 12.4. The minimum atomic E-state index is -4.06. The van der Waals surface area contributed by atoms with Gasteiger partial charge >= 0.3 is 6.18 Å². The van der Waals surface area contributed by atoms with Crippen molar-refractivity contribution >= 4 is 0 Å². The van der Waals surface area contributed by atoms with Crippen molar-refractivity contribution < 1.29 is 13.2 Å². The summed E-state index contributed by atoms with van der Waals surface area (Å²) in [6.07, 6.45) is -3.22. The van der Waals surface area contributed by atoms with Crippen LogP contribution >= 0.6 is 0 Å². The van der Waals surface area contributed by atoms with Crippen LogP contribution in [0.2, 0.25) is 0 Å². The van der Waals surface area contributed by atoms with E-state index in [1.807, 2.05) is 11.0 Å². The maximum atomic E-state index is 12.4. The summed E-state index contributed by atoms with van der Waals surface area (Å²) >= 11 is 0. The van der Waals surface area contributed by atoms with Crippen LogP contribution in [0, 0.1) is 17.2 Å². The van der Waals surface area contributed by atoms with Gasteiger partial charge in [0.1, 0.15) is 0 Å². The number of nitrogens with zero attached hydrogens (tertiary/aromatic N) is 2. The summed E-state index contributed by atoms with van der Waals surface area (Å²) in [4.78, 5) is 1.94. The van der Waals surface area contributed by atoms with E-state index in [9.17, 15) is 13.2 Å². The zero-order chi connectivity index (χ0) is 12.2. The number of hydrogen-bond donors (Lipinski definition) is 1. The Labute approximate surface area is 93.0 Å². The fourth-order valence-electron chi connectivity index (χ4n) is 1.87. The van der Waals surface area contributed by atoms with Gasteiger partial charge in [0.15, 0.2) is 0 Å². The van der Waals surface area contributed by atoms with Gasteiger partial charge in [-0.1, -0.05) is 0 Å². The molecule has 1 fully saturated rings. The average Bonchev–Trinajstić information content (AvgIpc) is 2.25. The predicted octanol–water partition coefficient (Wildman–Crippen LogP) is 1.50. The molecule has 1 rings (SSSR count). The van der Waals surface area contributed by atoms with Gasteiger partial charge in [-0.05, 0) is 32.4 Å². The highest BCUT2D eigenvalue weighted by Gasteiger charge is 2.40. The van der Waals surface area contributed by atoms with Crippen LogP contribution in [0.25, 0.3) is 0 Å². The molecule has 0 amide bonds. The smallest absolute Gasteiger partial charge is 0.316 e. The second-order valence-electron chi connectivity index (χ2n) is 4.18. The van der Waals surface area contributed by atoms with Crippen molar-refractivity contribution in [1.82, 2.24) is 4.90 Å². The van der Waals surface area contributed by atoms with Gasteiger partial charge in [-0.3, -0.25) is 0 Å². The fraction of sp³-hybridized carbons (Fsp3) is 0.900. The topological polar surface area (TPSA) is 53.1 Å². The molecule has 2 N–H and O–H groups in total. The van der Waals surface area contributed by atoms with Crippen molar-refractivity contribution in [3.63, 3.8) is 0 Å². The number of nitriles is 1. The van der Waals surface area contributed by atoms with E-state index in [4.69, 9.17) is 11.0 Å². The molecule has 0 aromatic heterocycles. The van der Waals surface area contributed by atoms with E-state index in [2.05, 4.69) is 0 Å². The van der Waals surface area contributed by atoms with Crippen LogP contribution in [0.4, 0.5) is 13.2 Å². The van der Waals surface area contributed by atoms with E-state index in [0.717, 1.165) is 0 Å². The first kappa shape index (κ1) is 13.3. The Morgan fingerprint density at radius 2 is 1.94 bits per heavy atom.